The normalized spacial score (nSPS) is 17.9. The second-order valence-electron chi connectivity index (χ2n) is 7.11. The highest BCUT2D eigenvalue weighted by molar-refractivity contribution is 5.94. The molecule has 5 rings (SSSR count). The second kappa shape index (κ2) is 5.94. The minimum atomic E-state index is -0.592. The molecule has 3 heterocycles. The molecule has 6 nitrogen and oxygen atoms in total. The lowest BCUT2D eigenvalue weighted by molar-refractivity contribution is -0.134. The molecule has 1 spiro atoms. The SMILES string of the molecule is O=C1OC2(CCN(C(=O)Cc3noc4ccccc34)CC2)c2ccccc21. The van der Waals surface area contributed by atoms with E-state index in [1.807, 2.05) is 47.4 Å². The number of fused-ring (bicyclic) bond motifs is 3. The molecule has 0 saturated carbocycles. The average molecular weight is 362 g/mol. The van der Waals surface area contributed by atoms with Gasteiger partial charge in [-0.15, -0.1) is 0 Å². The largest absolute Gasteiger partial charge is 0.450 e. The molecule has 0 N–H and O–H groups in total. The molecule has 1 amide bonds. The number of piperidine rings is 1. The van der Waals surface area contributed by atoms with Gasteiger partial charge in [0.25, 0.3) is 0 Å². The van der Waals surface area contributed by atoms with Crippen molar-refractivity contribution in [3.63, 3.8) is 0 Å². The van der Waals surface area contributed by atoms with Crippen molar-refractivity contribution < 1.29 is 18.8 Å². The number of nitrogens with zero attached hydrogens (tertiary/aromatic N) is 2. The molecule has 0 aliphatic carbocycles. The number of hydrogen-bond donors (Lipinski definition) is 0. The number of likely N-dealkylation sites (tertiary alicyclic amines) is 1. The van der Waals surface area contributed by atoms with E-state index in [4.69, 9.17) is 9.26 Å². The van der Waals surface area contributed by atoms with Crippen LogP contribution in [0, 0.1) is 0 Å². The summed E-state index contributed by atoms with van der Waals surface area (Å²) >= 11 is 0. The number of benzene rings is 2. The molecule has 1 aromatic heterocycles. The van der Waals surface area contributed by atoms with Crippen LogP contribution in [-0.2, 0) is 21.6 Å². The van der Waals surface area contributed by atoms with Crippen LogP contribution in [0.15, 0.2) is 53.1 Å². The molecular weight excluding hydrogens is 344 g/mol. The van der Waals surface area contributed by atoms with Gasteiger partial charge in [0.05, 0.1) is 12.0 Å². The van der Waals surface area contributed by atoms with Crippen LogP contribution in [0.3, 0.4) is 0 Å². The van der Waals surface area contributed by atoms with Crippen molar-refractivity contribution in [1.82, 2.24) is 10.1 Å². The number of para-hydroxylation sites is 1. The molecule has 0 bridgehead atoms. The van der Waals surface area contributed by atoms with Crippen LogP contribution in [0.4, 0.5) is 0 Å². The zero-order valence-corrected chi connectivity index (χ0v) is 14.7. The molecule has 2 aliphatic heterocycles. The number of carbonyl (C=O) groups is 2. The number of amides is 1. The van der Waals surface area contributed by atoms with Crippen molar-refractivity contribution in [3.8, 4) is 0 Å². The molecule has 1 saturated heterocycles. The van der Waals surface area contributed by atoms with Crippen LogP contribution < -0.4 is 0 Å². The summed E-state index contributed by atoms with van der Waals surface area (Å²) in [6, 6.07) is 15.1. The summed E-state index contributed by atoms with van der Waals surface area (Å²) in [6.45, 7) is 1.10. The molecule has 6 heteroatoms. The summed E-state index contributed by atoms with van der Waals surface area (Å²) in [6.07, 6.45) is 1.43. The second-order valence-corrected chi connectivity index (χ2v) is 7.11. The first kappa shape index (κ1) is 16.1. The highest BCUT2D eigenvalue weighted by Crippen LogP contribution is 2.44. The van der Waals surface area contributed by atoms with Crippen LogP contribution in [-0.4, -0.2) is 35.0 Å². The summed E-state index contributed by atoms with van der Waals surface area (Å²) in [7, 11) is 0. The van der Waals surface area contributed by atoms with Gasteiger partial charge in [-0.2, -0.15) is 0 Å². The first-order valence-electron chi connectivity index (χ1n) is 9.10. The summed E-state index contributed by atoms with van der Waals surface area (Å²) < 4.78 is 11.0. The topological polar surface area (TPSA) is 72.6 Å². The molecule has 0 atom stereocenters. The van der Waals surface area contributed by atoms with Gasteiger partial charge in [0.2, 0.25) is 5.91 Å². The lowest BCUT2D eigenvalue weighted by Gasteiger charge is -2.38. The Bertz CT molecular complexity index is 1050. The number of carbonyl (C=O) groups excluding carboxylic acids is 2. The predicted molar refractivity (Wildman–Crippen MR) is 97.1 cm³/mol. The van der Waals surface area contributed by atoms with Crippen LogP contribution in [0.2, 0.25) is 0 Å². The van der Waals surface area contributed by atoms with Gasteiger partial charge in [-0.05, 0) is 18.2 Å². The fourth-order valence-corrected chi connectivity index (χ4v) is 4.16. The summed E-state index contributed by atoms with van der Waals surface area (Å²) in [5, 5.41) is 4.92. The van der Waals surface area contributed by atoms with Crippen LogP contribution in [0.1, 0.15) is 34.5 Å². The number of esters is 1. The third kappa shape index (κ3) is 2.51. The molecule has 27 heavy (non-hydrogen) atoms. The highest BCUT2D eigenvalue weighted by atomic mass is 16.6. The Morgan fingerprint density at radius 1 is 1.07 bits per heavy atom. The number of aromatic nitrogens is 1. The van der Waals surface area contributed by atoms with E-state index in [2.05, 4.69) is 5.16 Å². The summed E-state index contributed by atoms with van der Waals surface area (Å²) in [5.74, 6) is -0.249. The van der Waals surface area contributed by atoms with Crippen molar-refractivity contribution in [2.75, 3.05) is 13.1 Å². The maximum Gasteiger partial charge on any atom is 0.339 e. The number of rotatable bonds is 2. The molecule has 2 aliphatic rings. The van der Waals surface area contributed by atoms with Gasteiger partial charge >= 0.3 is 5.97 Å². The van der Waals surface area contributed by atoms with E-state index in [-0.39, 0.29) is 18.3 Å². The van der Waals surface area contributed by atoms with Crippen molar-refractivity contribution in [1.29, 1.82) is 0 Å². The fraction of sp³-hybridized carbons (Fsp3) is 0.286. The van der Waals surface area contributed by atoms with Crippen molar-refractivity contribution in [3.05, 3.63) is 65.4 Å². The van der Waals surface area contributed by atoms with Gasteiger partial charge in [-0.3, -0.25) is 4.79 Å². The van der Waals surface area contributed by atoms with Gasteiger partial charge in [0, 0.05) is 36.9 Å². The van der Waals surface area contributed by atoms with Gasteiger partial charge in [0.1, 0.15) is 11.3 Å². The molecule has 3 aromatic rings. The Labute approximate surface area is 155 Å². The Morgan fingerprint density at radius 3 is 2.67 bits per heavy atom. The Balaban J connectivity index is 1.31. The first-order chi connectivity index (χ1) is 13.2. The van der Waals surface area contributed by atoms with Crippen LogP contribution in [0.25, 0.3) is 11.0 Å². The quantitative estimate of drug-likeness (QED) is 0.655. The van der Waals surface area contributed by atoms with Crippen molar-refractivity contribution in [2.24, 2.45) is 0 Å². The van der Waals surface area contributed by atoms with Gasteiger partial charge < -0.3 is 14.2 Å². The van der Waals surface area contributed by atoms with Crippen LogP contribution in [0.5, 0.6) is 0 Å². The van der Waals surface area contributed by atoms with Gasteiger partial charge in [-0.1, -0.05) is 35.5 Å². The zero-order chi connectivity index (χ0) is 18.4. The minimum absolute atomic E-state index is 0.0153. The molecular formula is C21H18N2O4. The standard InChI is InChI=1S/C21H18N2O4/c24-19(13-17-15-6-2-4-8-18(15)27-22-17)23-11-9-21(10-12-23)16-7-3-1-5-14(16)20(25)26-21/h1-8H,9-13H2. The molecule has 2 aromatic carbocycles. The van der Waals surface area contributed by atoms with E-state index < -0.39 is 5.60 Å². The molecule has 136 valence electrons. The van der Waals surface area contributed by atoms with E-state index in [9.17, 15) is 9.59 Å². The maximum atomic E-state index is 12.8. The van der Waals surface area contributed by atoms with Crippen LogP contribution >= 0.6 is 0 Å². The third-order valence-corrected chi connectivity index (χ3v) is 5.62. The Morgan fingerprint density at radius 2 is 1.81 bits per heavy atom. The molecule has 0 unspecified atom stereocenters. The summed E-state index contributed by atoms with van der Waals surface area (Å²) in [4.78, 5) is 26.8. The van der Waals surface area contributed by atoms with E-state index >= 15 is 0 Å². The smallest absolute Gasteiger partial charge is 0.339 e. The lowest BCUT2D eigenvalue weighted by Crippen LogP contribution is -2.45. The van der Waals surface area contributed by atoms with Gasteiger partial charge in [0.15, 0.2) is 5.58 Å². The molecule has 1 fully saturated rings. The van der Waals surface area contributed by atoms with Gasteiger partial charge in [-0.25, -0.2) is 4.79 Å². The Kier molecular flexibility index (Phi) is 3.53. The lowest BCUT2D eigenvalue weighted by atomic mass is 9.83. The first-order valence-corrected chi connectivity index (χ1v) is 9.10. The van der Waals surface area contributed by atoms with Crippen molar-refractivity contribution >= 4 is 22.8 Å². The van der Waals surface area contributed by atoms with Crippen molar-refractivity contribution in [2.45, 2.75) is 24.9 Å². The van der Waals surface area contributed by atoms with E-state index in [1.54, 1.807) is 6.07 Å². The summed E-state index contributed by atoms with van der Waals surface area (Å²) in [5.41, 5.74) is 2.35. The zero-order valence-electron chi connectivity index (χ0n) is 14.7. The van der Waals surface area contributed by atoms with E-state index in [0.29, 0.717) is 42.8 Å². The minimum Gasteiger partial charge on any atom is -0.450 e. The van der Waals surface area contributed by atoms with E-state index in [0.717, 1.165) is 10.9 Å². The average Bonchev–Trinajstić information content (AvgIpc) is 3.22. The number of ether oxygens (including phenoxy) is 1. The van der Waals surface area contributed by atoms with E-state index in [1.165, 1.54) is 0 Å². The highest BCUT2D eigenvalue weighted by Gasteiger charge is 2.47. The fourth-order valence-electron chi connectivity index (χ4n) is 4.16. The molecule has 0 radical (unpaired) electrons. The predicted octanol–water partition coefficient (Wildman–Crippen LogP) is 3.06. The number of hydrogen-bond acceptors (Lipinski definition) is 5. The third-order valence-electron chi connectivity index (χ3n) is 5.62. The Hall–Kier alpha value is -3.15. The maximum absolute atomic E-state index is 12.8. The monoisotopic (exact) mass is 362 g/mol.